The van der Waals surface area contributed by atoms with E-state index < -0.39 is 0 Å². The van der Waals surface area contributed by atoms with Gasteiger partial charge in [-0.1, -0.05) is 42.5 Å². The topological polar surface area (TPSA) is 64.3 Å². The molecular weight excluding hydrogens is 288 g/mol. The van der Waals surface area contributed by atoms with Crippen molar-refractivity contribution in [1.82, 2.24) is 5.32 Å². The van der Waals surface area contributed by atoms with Crippen LogP contribution in [0.3, 0.4) is 0 Å². The van der Waals surface area contributed by atoms with Crippen molar-refractivity contribution in [3.05, 3.63) is 60.7 Å². The second kappa shape index (κ2) is 9.08. The molecule has 0 bridgehead atoms. The van der Waals surface area contributed by atoms with Crippen LogP contribution in [0.15, 0.2) is 55.1 Å². The molecule has 2 aromatic rings. The van der Waals surface area contributed by atoms with Gasteiger partial charge < -0.3 is 15.8 Å². The third-order valence-corrected chi connectivity index (χ3v) is 3.68. The predicted molar refractivity (Wildman–Crippen MR) is 94.1 cm³/mol. The largest absolute Gasteiger partial charge is 0.377 e. The molecule has 4 heteroatoms. The lowest BCUT2D eigenvalue weighted by Crippen LogP contribution is -2.33. The summed E-state index contributed by atoms with van der Waals surface area (Å²) in [5.41, 5.74) is 6.87. The maximum Gasteiger partial charge on any atom is 0.220 e. The summed E-state index contributed by atoms with van der Waals surface area (Å²) < 4.78 is 5.27. The molecule has 3 N–H and O–H groups in total. The lowest BCUT2D eigenvalue weighted by atomic mass is 10.0. The van der Waals surface area contributed by atoms with Crippen LogP contribution >= 0.6 is 0 Å². The maximum atomic E-state index is 12.0. The fraction of sp³-hybridized carbons (Fsp3) is 0.316. The predicted octanol–water partition coefficient (Wildman–Crippen LogP) is 2.94. The number of benzene rings is 2. The smallest absolute Gasteiger partial charge is 0.220 e. The first-order valence-corrected chi connectivity index (χ1v) is 7.91. The molecule has 0 saturated heterocycles. The van der Waals surface area contributed by atoms with Gasteiger partial charge in [-0.05, 0) is 28.8 Å². The molecule has 1 atom stereocenters. The van der Waals surface area contributed by atoms with Crippen molar-refractivity contribution in [2.75, 3.05) is 19.8 Å². The van der Waals surface area contributed by atoms with Gasteiger partial charge in [0.05, 0.1) is 12.6 Å². The van der Waals surface area contributed by atoms with Gasteiger partial charge >= 0.3 is 0 Å². The molecule has 0 aliphatic heterocycles. The van der Waals surface area contributed by atoms with Gasteiger partial charge in [0, 0.05) is 19.6 Å². The quantitative estimate of drug-likeness (QED) is 0.553. The third kappa shape index (κ3) is 5.20. The van der Waals surface area contributed by atoms with E-state index >= 15 is 0 Å². The molecule has 0 radical (unpaired) electrons. The van der Waals surface area contributed by atoms with Crippen LogP contribution < -0.4 is 11.1 Å². The molecule has 1 amide bonds. The summed E-state index contributed by atoms with van der Waals surface area (Å²) in [4.78, 5) is 12.0. The van der Waals surface area contributed by atoms with E-state index in [9.17, 15) is 4.79 Å². The number of carbonyl (C=O) groups excluding carboxylic acids is 1. The van der Waals surface area contributed by atoms with Gasteiger partial charge in [0.15, 0.2) is 0 Å². The average molecular weight is 312 g/mol. The standard InChI is InChI=1S/C19H24N2O2/c1-2-11-23-12-5-8-19(22)21-18(14-20)17-10-9-15-6-3-4-7-16(15)13-17/h2-4,6-7,9-10,13,18H,1,5,8,11-12,14,20H2,(H,21,22). The van der Waals surface area contributed by atoms with E-state index in [1.807, 2.05) is 18.2 Å². The number of hydrogen-bond acceptors (Lipinski definition) is 3. The zero-order chi connectivity index (χ0) is 16.5. The number of fused-ring (bicyclic) bond motifs is 1. The van der Waals surface area contributed by atoms with E-state index in [0.29, 0.717) is 32.6 Å². The summed E-state index contributed by atoms with van der Waals surface area (Å²) in [7, 11) is 0. The van der Waals surface area contributed by atoms with Crippen LogP contribution in [-0.2, 0) is 9.53 Å². The maximum absolute atomic E-state index is 12.0. The van der Waals surface area contributed by atoms with Crippen molar-refractivity contribution in [1.29, 1.82) is 0 Å². The Labute approximate surface area is 137 Å². The van der Waals surface area contributed by atoms with Crippen LogP contribution in [0.1, 0.15) is 24.4 Å². The summed E-state index contributed by atoms with van der Waals surface area (Å²) in [5.74, 6) is -0.00388. The minimum atomic E-state index is -0.166. The van der Waals surface area contributed by atoms with Crippen LogP contribution in [0.2, 0.25) is 0 Å². The molecule has 0 spiro atoms. The van der Waals surface area contributed by atoms with Gasteiger partial charge in [0.25, 0.3) is 0 Å². The first kappa shape index (κ1) is 17.2. The van der Waals surface area contributed by atoms with Crippen molar-refractivity contribution in [3.63, 3.8) is 0 Å². The monoisotopic (exact) mass is 312 g/mol. The van der Waals surface area contributed by atoms with Gasteiger partial charge in [-0.25, -0.2) is 0 Å². The number of rotatable bonds is 9. The van der Waals surface area contributed by atoms with E-state index in [-0.39, 0.29) is 11.9 Å². The normalized spacial score (nSPS) is 12.0. The fourth-order valence-corrected chi connectivity index (χ4v) is 2.47. The summed E-state index contributed by atoms with van der Waals surface area (Å²) in [6.07, 6.45) is 2.82. The first-order chi connectivity index (χ1) is 11.2. The molecule has 0 aromatic heterocycles. The van der Waals surface area contributed by atoms with Gasteiger partial charge in [-0.3, -0.25) is 4.79 Å². The lowest BCUT2D eigenvalue weighted by Gasteiger charge is -2.18. The Hall–Kier alpha value is -2.17. The van der Waals surface area contributed by atoms with Gasteiger partial charge in [-0.15, -0.1) is 6.58 Å². The Morgan fingerprint density at radius 1 is 1.26 bits per heavy atom. The van der Waals surface area contributed by atoms with Crippen LogP contribution in [0.25, 0.3) is 10.8 Å². The van der Waals surface area contributed by atoms with Crippen molar-refractivity contribution in [2.24, 2.45) is 5.73 Å². The molecule has 0 aliphatic rings. The number of nitrogens with two attached hydrogens (primary N) is 1. The minimum absolute atomic E-state index is 0.00388. The van der Waals surface area contributed by atoms with Crippen molar-refractivity contribution in [3.8, 4) is 0 Å². The number of amides is 1. The minimum Gasteiger partial charge on any atom is -0.377 e. The van der Waals surface area contributed by atoms with Crippen LogP contribution in [0.5, 0.6) is 0 Å². The summed E-state index contributed by atoms with van der Waals surface area (Å²) >= 11 is 0. The molecule has 0 aliphatic carbocycles. The SMILES string of the molecule is C=CCOCCCC(=O)NC(CN)c1ccc2ccccc2c1. The van der Waals surface area contributed by atoms with Crippen LogP contribution in [-0.4, -0.2) is 25.7 Å². The van der Waals surface area contributed by atoms with Crippen LogP contribution in [0.4, 0.5) is 0 Å². The number of carbonyl (C=O) groups is 1. The molecule has 4 nitrogen and oxygen atoms in total. The Balaban J connectivity index is 1.92. The molecule has 0 heterocycles. The Morgan fingerprint density at radius 2 is 2.04 bits per heavy atom. The van der Waals surface area contributed by atoms with E-state index in [2.05, 4.69) is 36.2 Å². The summed E-state index contributed by atoms with van der Waals surface area (Å²) in [6, 6.07) is 14.1. The van der Waals surface area contributed by atoms with E-state index in [1.54, 1.807) is 6.08 Å². The Kier molecular flexibility index (Phi) is 6.78. The zero-order valence-corrected chi connectivity index (χ0v) is 13.3. The fourth-order valence-electron chi connectivity index (χ4n) is 2.47. The molecular formula is C19H24N2O2. The van der Waals surface area contributed by atoms with Gasteiger partial charge in [-0.2, -0.15) is 0 Å². The molecule has 0 saturated carbocycles. The Bertz CT molecular complexity index is 655. The Morgan fingerprint density at radius 3 is 2.78 bits per heavy atom. The molecule has 2 aromatic carbocycles. The van der Waals surface area contributed by atoms with Gasteiger partial charge in [0.2, 0.25) is 5.91 Å². The average Bonchev–Trinajstić information content (AvgIpc) is 2.59. The van der Waals surface area contributed by atoms with Crippen LogP contribution in [0, 0.1) is 0 Å². The number of nitrogens with one attached hydrogen (secondary N) is 1. The van der Waals surface area contributed by atoms with Crippen molar-refractivity contribution < 1.29 is 9.53 Å². The second-order valence-electron chi connectivity index (χ2n) is 5.43. The zero-order valence-electron chi connectivity index (χ0n) is 13.3. The summed E-state index contributed by atoms with van der Waals surface area (Å²) in [6.45, 7) is 5.03. The third-order valence-electron chi connectivity index (χ3n) is 3.68. The molecule has 122 valence electrons. The second-order valence-corrected chi connectivity index (χ2v) is 5.43. The highest BCUT2D eigenvalue weighted by atomic mass is 16.5. The summed E-state index contributed by atoms with van der Waals surface area (Å²) in [5, 5.41) is 5.33. The number of hydrogen-bond donors (Lipinski definition) is 2. The molecule has 0 fully saturated rings. The molecule has 23 heavy (non-hydrogen) atoms. The molecule has 1 unspecified atom stereocenters. The van der Waals surface area contributed by atoms with Crippen molar-refractivity contribution in [2.45, 2.75) is 18.9 Å². The van der Waals surface area contributed by atoms with Crippen molar-refractivity contribution >= 4 is 16.7 Å². The van der Waals surface area contributed by atoms with E-state index in [1.165, 1.54) is 5.39 Å². The number of ether oxygens (including phenoxy) is 1. The first-order valence-electron chi connectivity index (χ1n) is 7.91. The molecule has 2 rings (SSSR count). The van der Waals surface area contributed by atoms with E-state index in [0.717, 1.165) is 10.9 Å². The lowest BCUT2D eigenvalue weighted by molar-refractivity contribution is -0.122. The highest BCUT2D eigenvalue weighted by Crippen LogP contribution is 2.20. The van der Waals surface area contributed by atoms with E-state index in [4.69, 9.17) is 10.5 Å². The van der Waals surface area contributed by atoms with Gasteiger partial charge in [0.1, 0.15) is 0 Å². The highest BCUT2D eigenvalue weighted by Gasteiger charge is 2.13. The highest BCUT2D eigenvalue weighted by molar-refractivity contribution is 5.83.